The van der Waals surface area contributed by atoms with Crippen LogP contribution in [0.3, 0.4) is 0 Å². The van der Waals surface area contributed by atoms with Gasteiger partial charge in [-0.25, -0.2) is 4.39 Å². The lowest BCUT2D eigenvalue weighted by Gasteiger charge is -2.07. The molecule has 0 radical (unpaired) electrons. The average Bonchev–Trinajstić information content (AvgIpc) is 2.68. The van der Waals surface area contributed by atoms with E-state index in [1.165, 1.54) is 6.07 Å². The molecule has 0 unspecified atom stereocenters. The molecule has 0 bridgehead atoms. The predicted molar refractivity (Wildman–Crippen MR) is 75.7 cm³/mol. The Kier molecular flexibility index (Phi) is 2.71. The highest BCUT2D eigenvalue weighted by atomic mass is 79.9. The summed E-state index contributed by atoms with van der Waals surface area (Å²) >= 11 is 3.27. The van der Waals surface area contributed by atoms with Crippen molar-refractivity contribution in [2.45, 2.75) is 6.92 Å². The molecule has 0 spiro atoms. The Morgan fingerprint density at radius 3 is 2.67 bits per heavy atom. The normalized spacial score (nSPS) is 11.1. The topological polar surface area (TPSA) is 4.93 Å². The number of benzene rings is 2. The zero-order valence-corrected chi connectivity index (χ0v) is 11.4. The third-order valence-electron chi connectivity index (χ3n) is 3.08. The van der Waals surface area contributed by atoms with Gasteiger partial charge in [-0.2, -0.15) is 0 Å². The fourth-order valence-corrected chi connectivity index (χ4v) is 2.56. The first-order chi connectivity index (χ1) is 8.66. The minimum Gasteiger partial charge on any atom is -0.314 e. The van der Waals surface area contributed by atoms with E-state index in [9.17, 15) is 4.39 Å². The number of para-hydroxylation sites is 1. The van der Waals surface area contributed by atoms with Crippen LogP contribution in [0.5, 0.6) is 0 Å². The molecule has 0 atom stereocenters. The monoisotopic (exact) mass is 303 g/mol. The molecule has 0 N–H and O–H groups in total. The van der Waals surface area contributed by atoms with E-state index in [0.29, 0.717) is 5.69 Å². The molecule has 90 valence electrons. The van der Waals surface area contributed by atoms with Crippen LogP contribution in [-0.2, 0) is 0 Å². The van der Waals surface area contributed by atoms with Crippen LogP contribution >= 0.6 is 15.9 Å². The fraction of sp³-hybridized carbons (Fsp3) is 0.0667. The van der Waals surface area contributed by atoms with Gasteiger partial charge in [0.2, 0.25) is 0 Å². The SMILES string of the molecule is Cc1cn(-c2ccc(Br)cc2F)c2ccccc12. The fourth-order valence-electron chi connectivity index (χ4n) is 2.23. The molecule has 3 rings (SSSR count). The number of aromatic nitrogens is 1. The number of halogens is 2. The van der Waals surface area contributed by atoms with Crippen molar-refractivity contribution < 1.29 is 4.39 Å². The van der Waals surface area contributed by atoms with Gasteiger partial charge >= 0.3 is 0 Å². The van der Waals surface area contributed by atoms with Crippen molar-refractivity contribution in [3.05, 3.63) is 64.5 Å². The molecule has 2 aromatic carbocycles. The van der Waals surface area contributed by atoms with Crippen molar-refractivity contribution in [3.8, 4) is 5.69 Å². The summed E-state index contributed by atoms with van der Waals surface area (Å²) in [5, 5.41) is 1.15. The molecule has 1 heterocycles. The maximum atomic E-state index is 14.0. The van der Waals surface area contributed by atoms with E-state index in [1.807, 2.05) is 42.0 Å². The van der Waals surface area contributed by atoms with Crippen molar-refractivity contribution in [1.29, 1.82) is 0 Å². The third-order valence-corrected chi connectivity index (χ3v) is 3.57. The second-order valence-electron chi connectivity index (χ2n) is 4.29. The van der Waals surface area contributed by atoms with E-state index < -0.39 is 0 Å². The van der Waals surface area contributed by atoms with Gasteiger partial charge in [0.15, 0.2) is 0 Å². The highest BCUT2D eigenvalue weighted by Gasteiger charge is 2.10. The van der Waals surface area contributed by atoms with Crippen LogP contribution in [0.2, 0.25) is 0 Å². The van der Waals surface area contributed by atoms with Crippen LogP contribution in [0.4, 0.5) is 4.39 Å². The Balaban J connectivity index is 2.32. The molecule has 0 amide bonds. The lowest BCUT2D eigenvalue weighted by atomic mass is 10.2. The van der Waals surface area contributed by atoms with E-state index in [-0.39, 0.29) is 5.82 Å². The molecule has 1 nitrogen and oxygen atoms in total. The lowest BCUT2D eigenvalue weighted by Crippen LogP contribution is -1.95. The number of hydrogen-bond donors (Lipinski definition) is 0. The largest absolute Gasteiger partial charge is 0.314 e. The number of fused-ring (bicyclic) bond motifs is 1. The molecular formula is C15H11BrFN. The number of rotatable bonds is 1. The van der Waals surface area contributed by atoms with Crippen molar-refractivity contribution in [2.24, 2.45) is 0 Å². The van der Waals surface area contributed by atoms with Crippen LogP contribution < -0.4 is 0 Å². The Labute approximate surface area is 113 Å². The second kappa shape index (κ2) is 4.25. The Hall–Kier alpha value is -1.61. The van der Waals surface area contributed by atoms with Gasteiger partial charge < -0.3 is 4.57 Å². The minimum atomic E-state index is -0.231. The van der Waals surface area contributed by atoms with Crippen molar-refractivity contribution in [1.82, 2.24) is 4.57 Å². The summed E-state index contributed by atoms with van der Waals surface area (Å²) in [5.74, 6) is -0.231. The van der Waals surface area contributed by atoms with Gasteiger partial charge in [0.05, 0.1) is 11.2 Å². The minimum absolute atomic E-state index is 0.231. The van der Waals surface area contributed by atoms with Crippen LogP contribution in [0.25, 0.3) is 16.6 Å². The zero-order valence-electron chi connectivity index (χ0n) is 9.82. The zero-order chi connectivity index (χ0) is 12.7. The van der Waals surface area contributed by atoms with E-state index in [0.717, 1.165) is 20.9 Å². The summed E-state index contributed by atoms with van der Waals surface area (Å²) in [6.45, 7) is 2.04. The van der Waals surface area contributed by atoms with Gasteiger partial charge in [0.25, 0.3) is 0 Å². The van der Waals surface area contributed by atoms with Gasteiger partial charge in [-0.05, 0) is 36.8 Å². The van der Waals surface area contributed by atoms with E-state index in [2.05, 4.69) is 22.0 Å². The average molecular weight is 304 g/mol. The second-order valence-corrected chi connectivity index (χ2v) is 5.21. The van der Waals surface area contributed by atoms with Gasteiger partial charge in [0, 0.05) is 16.1 Å². The maximum Gasteiger partial charge on any atom is 0.148 e. The number of aryl methyl sites for hydroxylation is 1. The van der Waals surface area contributed by atoms with Crippen molar-refractivity contribution >= 4 is 26.8 Å². The van der Waals surface area contributed by atoms with Crippen LogP contribution in [0, 0.1) is 12.7 Å². The van der Waals surface area contributed by atoms with Crippen LogP contribution in [0.1, 0.15) is 5.56 Å². The van der Waals surface area contributed by atoms with E-state index in [1.54, 1.807) is 6.07 Å². The molecule has 3 aromatic rings. The highest BCUT2D eigenvalue weighted by molar-refractivity contribution is 9.10. The third kappa shape index (κ3) is 1.75. The predicted octanol–water partition coefficient (Wildman–Crippen LogP) is 4.84. The quantitative estimate of drug-likeness (QED) is 0.606. The molecular weight excluding hydrogens is 293 g/mol. The summed E-state index contributed by atoms with van der Waals surface area (Å²) in [5.41, 5.74) is 2.74. The maximum absolute atomic E-state index is 14.0. The number of nitrogens with zero attached hydrogens (tertiary/aromatic N) is 1. The van der Waals surface area contributed by atoms with Crippen LogP contribution in [0.15, 0.2) is 53.1 Å². The smallest absolute Gasteiger partial charge is 0.148 e. The first kappa shape index (κ1) is 11.5. The van der Waals surface area contributed by atoms with Gasteiger partial charge in [-0.15, -0.1) is 0 Å². The Morgan fingerprint density at radius 1 is 1.11 bits per heavy atom. The summed E-state index contributed by atoms with van der Waals surface area (Å²) < 4.78 is 16.7. The molecule has 18 heavy (non-hydrogen) atoms. The van der Waals surface area contributed by atoms with E-state index in [4.69, 9.17) is 0 Å². The van der Waals surface area contributed by atoms with Gasteiger partial charge in [-0.1, -0.05) is 34.1 Å². The first-order valence-corrected chi connectivity index (χ1v) is 6.48. The van der Waals surface area contributed by atoms with E-state index >= 15 is 0 Å². The molecule has 0 aliphatic rings. The molecule has 3 heteroatoms. The Morgan fingerprint density at radius 2 is 1.89 bits per heavy atom. The van der Waals surface area contributed by atoms with Crippen molar-refractivity contribution in [3.63, 3.8) is 0 Å². The molecule has 0 fully saturated rings. The summed E-state index contributed by atoms with van der Waals surface area (Å²) in [4.78, 5) is 0. The first-order valence-electron chi connectivity index (χ1n) is 5.69. The standard InChI is InChI=1S/C15H11BrFN/c1-10-9-18(14-5-3-2-4-12(10)14)15-7-6-11(16)8-13(15)17/h2-9H,1H3. The van der Waals surface area contributed by atoms with Crippen molar-refractivity contribution in [2.75, 3.05) is 0 Å². The molecule has 0 saturated heterocycles. The van der Waals surface area contributed by atoms with Gasteiger partial charge in [0.1, 0.15) is 5.82 Å². The summed E-state index contributed by atoms with van der Waals surface area (Å²) in [7, 11) is 0. The molecule has 0 saturated carbocycles. The number of hydrogen-bond acceptors (Lipinski definition) is 0. The summed E-state index contributed by atoms with van der Waals surface area (Å²) in [6.07, 6.45) is 1.97. The molecule has 0 aliphatic heterocycles. The lowest BCUT2D eigenvalue weighted by molar-refractivity contribution is 0.619. The highest BCUT2D eigenvalue weighted by Crippen LogP contribution is 2.26. The van der Waals surface area contributed by atoms with Gasteiger partial charge in [-0.3, -0.25) is 0 Å². The van der Waals surface area contributed by atoms with Crippen LogP contribution in [-0.4, -0.2) is 4.57 Å². The molecule has 1 aromatic heterocycles. The molecule has 0 aliphatic carbocycles. The summed E-state index contributed by atoms with van der Waals surface area (Å²) in [6, 6.07) is 13.1. The Bertz CT molecular complexity index is 730.